The van der Waals surface area contributed by atoms with Crippen molar-refractivity contribution in [3.63, 3.8) is 0 Å². The molecule has 1 amide bonds. The second kappa shape index (κ2) is 8.10. The Bertz CT molecular complexity index is 1250. The molecule has 0 saturated heterocycles. The van der Waals surface area contributed by atoms with E-state index >= 15 is 0 Å². The number of hydrogen-bond acceptors (Lipinski definition) is 4. The first-order valence-corrected chi connectivity index (χ1v) is 10.7. The van der Waals surface area contributed by atoms with Crippen LogP contribution in [0.2, 0.25) is 0 Å². The number of amides is 1. The lowest BCUT2D eigenvalue weighted by Gasteiger charge is -2.37. The van der Waals surface area contributed by atoms with E-state index in [1.54, 1.807) is 0 Å². The zero-order chi connectivity index (χ0) is 25.9. The lowest BCUT2D eigenvalue weighted by molar-refractivity contribution is -0.143. The zero-order valence-electron chi connectivity index (χ0n) is 18.9. The molecule has 1 N–H and O–H groups in total. The molecule has 0 saturated carbocycles. The number of pyridine rings is 1. The summed E-state index contributed by atoms with van der Waals surface area (Å²) in [5.74, 6) is -1.18. The first-order chi connectivity index (χ1) is 16.1. The summed E-state index contributed by atoms with van der Waals surface area (Å²) in [6, 6.07) is 1.07. The Morgan fingerprint density at radius 2 is 1.77 bits per heavy atom. The summed E-state index contributed by atoms with van der Waals surface area (Å²) < 4.78 is 82.3. The third-order valence-electron chi connectivity index (χ3n) is 6.11. The van der Waals surface area contributed by atoms with Crippen LogP contribution in [0.5, 0.6) is 0 Å². The van der Waals surface area contributed by atoms with Gasteiger partial charge < -0.3 is 5.32 Å². The number of aromatic nitrogens is 1. The third kappa shape index (κ3) is 4.51. The van der Waals surface area contributed by atoms with Crippen molar-refractivity contribution in [2.45, 2.75) is 52.0 Å². The highest BCUT2D eigenvalue weighted by atomic mass is 19.4. The second-order valence-electron chi connectivity index (χ2n) is 9.44. The molecule has 2 aliphatic rings. The van der Waals surface area contributed by atoms with E-state index in [1.807, 2.05) is 13.8 Å². The summed E-state index contributed by atoms with van der Waals surface area (Å²) >= 11 is 0. The van der Waals surface area contributed by atoms with Crippen LogP contribution in [-0.2, 0) is 21.9 Å². The van der Waals surface area contributed by atoms with Crippen LogP contribution in [0.1, 0.15) is 56.3 Å². The number of nitrogens with zero attached hydrogens (tertiary/aromatic N) is 2. The molecule has 1 unspecified atom stereocenters. The van der Waals surface area contributed by atoms with Crippen LogP contribution in [0.3, 0.4) is 0 Å². The molecule has 1 aromatic carbocycles. The van der Waals surface area contributed by atoms with Gasteiger partial charge in [0.05, 0.1) is 34.7 Å². The molecule has 0 bridgehead atoms. The summed E-state index contributed by atoms with van der Waals surface area (Å²) in [6.45, 7) is 4.77. The van der Waals surface area contributed by atoms with Crippen molar-refractivity contribution >= 4 is 23.1 Å². The highest BCUT2D eigenvalue weighted by molar-refractivity contribution is 6.05. The van der Waals surface area contributed by atoms with Crippen LogP contribution in [0.25, 0.3) is 0 Å². The Hall–Kier alpha value is -3.37. The van der Waals surface area contributed by atoms with E-state index in [-0.39, 0.29) is 30.2 Å². The molecule has 0 radical (unpaired) electrons. The van der Waals surface area contributed by atoms with E-state index in [1.165, 1.54) is 18.5 Å². The Morgan fingerprint density at radius 3 is 2.37 bits per heavy atom. The lowest BCUT2D eigenvalue weighted by Crippen LogP contribution is -2.39. The standard InChI is InChI=1S/C24H21F6N3O2/c1-12(34)33-18-6-7-31-11-17(18)32-16-9-22(2,3)10-19(35)20(16)21(33)14-5-4-13(23(25,26)27)8-15(14)24(28,29)30/h4-8,11,21,32H,9-10H2,1-3H3. The van der Waals surface area contributed by atoms with Crippen molar-refractivity contribution < 1.29 is 35.9 Å². The first-order valence-electron chi connectivity index (χ1n) is 10.7. The van der Waals surface area contributed by atoms with Crippen LogP contribution in [0.4, 0.5) is 37.7 Å². The first kappa shape index (κ1) is 24.7. The van der Waals surface area contributed by atoms with Gasteiger partial charge in [-0.25, -0.2) is 0 Å². The van der Waals surface area contributed by atoms with Crippen LogP contribution in [0, 0.1) is 5.41 Å². The van der Waals surface area contributed by atoms with E-state index < -0.39 is 52.2 Å². The number of allylic oxidation sites excluding steroid dienone is 1. The number of alkyl halides is 6. The van der Waals surface area contributed by atoms with Crippen LogP contribution in [-0.4, -0.2) is 16.7 Å². The van der Waals surface area contributed by atoms with Gasteiger partial charge in [-0.05, 0) is 35.6 Å². The van der Waals surface area contributed by atoms with Gasteiger partial charge in [0.1, 0.15) is 0 Å². The lowest BCUT2D eigenvalue weighted by atomic mass is 9.73. The molecule has 1 atom stereocenters. The molecule has 1 aromatic heterocycles. The van der Waals surface area contributed by atoms with Crippen LogP contribution >= 0.6 is 0 Å². The van der Waals surface area contributed by atoms with Gasteiger partial charge in [0.25, 0.3) is 0 Å². The number of hydrogen-bond donors (Lipinski definition) is 1. The summed E-state index contributed by atoms with van der Waals surface area (Å²) in [4.78, 5) is 31.3. The van der Waals surface area contributed by atoms with Crippen LogP contribution in [0.15, 0.2) is 47.9 Å². The fourth-order valence-electron chi connectivity index (χ4n) is 4.75. The Balaban J connectivity index is 2.08. The molecule has 1 aliphatic carbocycles. The highest BCUT2D eigenvalue weighted by Crippen LogP contribution is 2.50. The molecule has 186 valence electrons. The third-order valence-corrected chi connectivity index (χ3v) is 6.11. The average molecular weight is 497 g/mol. The van der Waals surface area contributed by atoms with Gasteiger partial charge in [-0.3, -0.25) is 19.5 Å². The second-order valence-corrected chi connectivity index (χ2v) is 9.44. The molecule has 35 heavy (non-hydrogen) atoms. The number of benzene rings is 1. The molecular formula is C24H21F6N3O2. The summed E-state index contributed by atoms with van der Waals surface area (Å²) in [6.07, 6.45) is -7.23. The number of halogens is 6. The van der Waals surface area contributed by atoms with Gasteiger partial charge in [-0.15, -0.1) is 0 Å². The molecule has 11 heteroatoms. The SMILES string of the molecule is CC(=O)N1c2ccncc2NC2=C(C(=O)CC(C)(C)C2)C1c1ccc(C(F)(F)F)cc1C(F)(F)F. The van der Waals surface area contributed by atoms with Gasteiger partial charge in [0.2, 0.25) is 5.91 Å². The number of nitrogens with one attached hydrogen (secondary N) is 1. The Kier molecular flexibility index (Phi) is 5.72. The van der Waals surface area contributed by atoms with Gasteiger partial charge in [0, 0.05) is 30.8 Å². The normalized spacial score (nSPS) is 20.1. The van der Waals surface area contributed by atoms with E-state index in [9.17, 15) is 35.9 Å². The fourth-order valence-corrected chi connectivity index (χ4v) is 4.75. The minimum Gasteiger partial charge on any atom is -0.356 e. The molecule has 2 heterocycles. The predicted octanol–water partition coefficient (Wildman–Crippen LogP) is 6.28. The maximum atomic E-state index is 14.1. The van der Waals surface area contributed by atoms with Gasteiger partial charge in [-0.2, -0.15) is 26.3 Å². The summed E-state index contributed by atoms with van der Waals surface area (Å²) in [7, 11) is 0. The monoisotopic (exact) mass is 497 g/mol. The minimum absolute atomic E-state index is 0.00760. The quantitative estimate of drug-likeness (QED) is 0.471. The molecule has 1 aliphatic heterocycles. The van der Waals surface area contributed by atoms with E-state index in [0.29, 0.717) is 23.5 Å². The van der Waals surface area contributed by atoms with E-state index in [0.717, 1.165) is 11.8 Å². The van der Waals surface area contributed by atoms with Gasteiger partial charge in [0.15, 0.2) is 5.78 Å². The molecule has 5 nitrogen and oxygen atoms in total. The number of rotatable bonds is 1. The van der Waals surface area contributed by atoms with Crippen molar-refractivity contribution in [3.05, 3.63) is 64.6 Å². The maximum Gasteiger partial charge on any atom is 0.416 e. The van der Waals surface area contributed by atoms with Gasteiger partial charge >= 0.3 is 12.4 Å². The molecule has 4 rings (SSSR count). The Labute approximate surface area is 196 Å². The van der Waals surface area contributed by atoms with E-state index in [4.69, 9.17) is 0 Å². The average Bonchev–Trinajstić information content (AvgIpc) is 2.85. The van der Waals surface area contributed by atoms with Crippen LogP contribution < -0.4 is 10.2 Å². The van der Waals surface area contributed by atoms with E-state index in [2.05, 4.69) is 10.3 Å². The number of Topliss-reactive ketones (excluding diaryl/α,β-unsaturated/α-hetero) is 1. The van der Waals surface area contributed by atoms with Crippen molar-refractivity contribution in [2.24, 2.45) is 5.41 Å². The minimum atomic E-state index is -5.18. The smallest absolute Gasteiger partial charge is 0.356 e. The Morgan fingerprint density at radius 1 is 1.09 bits per heavy atom. The maximum absolute atomic E-state index is 14.1. The van der Waals surface area contributed by atoms with Crippen molar-refractivity contribution in [1.29, 1.82) is 0 Å². The zero-order valence-corrected chi connectivity index (χ0v) is 18.9. The predicted molar refractivity (Wildman–Crippen MR) is 115 cm³/mol. The largest absolute Gasteiger partial charge is 0.416 e. The van der Waals surface area contributed by atoms with Gasteiger partial charge in [-0.1, -0.05) is 19.9 Å². The number of carbonyl (C=O) groups is 2. The number of carbonyl (C=O) groups excluding carboxylic acids is 2. The molecule has 0 spiro atoms. The highest BCUT2D eigenvalue weighted by Gasteiger charge is 2.47. The number of ketones is 1. The summed E-state index contributed by atoms with van der Waals surface area (Å²) in [5, 5.41) is 3.07. The number of fused-ring (bicyclic) bond motifs is 1. The number of anilines is 2. The molecule has 2 aromatic rings. The fraction of sp³-hybridized carbons (Fsp3) is 0.375. The topological polar surface area (TPSA) is 62.3 Å². The van der Waals surface area contributed by atoms with Crippen molar-refractivity contribution in [1.82, 2.24) is 4.98 Å². The molecular weight excluding hydrogens is 476 g/mol. The molecule has 0 fully saturated rings. The van der Waals surface area contributed by atoms with Crippen molar-refractivity contribution in [2.75, 3.05) is 10.2 Å². The summed E-state index contributed by atoms with van der Waals surface area (Å²) in [5.41, 5.74) is -3.52. The van der Waals surface area contributed by atoms with Crippen molar-refractivity contribution in [3.8, 4) is 0 Å².